The molecule has 0 spiro atoms. The number of nitrogens with one attached hydrogen (secondary N) is 1. The van der Waals surface area contributed by atoms with Crippen molar-refractivity contribution in [3.63, 3.8) is 0 Å². The molecule has 0 rings (SSSR count). The number of allylic oxidation sites excluding steroid dienone is 4. The second-order valence-corrected chi connectivity index (χ2v) is 13.3. The van der Waals surface area contributed by atoms with E-state index in [9.17, 15) is 22.9 Å². The lowest BCUT2D eigenvalue weighted by atomic mass is 10.0. The Morgan fingerprint density at radius 1 is 0.659 bits per heavy atom. The molecule has 0 aliphatic rings. The van der Waals surface area contributed by atoms with E-state index in [2.05, 4.69) is 43.5 Å². The van der Waals surface area contributed by atoms with E-state index in [1.165, 1.54) is 70.6 Å². The van der Waals surface area contributed by atoms with Gasteiger partial charge in [0.25, 0.3) is 10.1 Å². The molecule has 0 aromatic heterocycles. The maximum atomic E-state index is 12.4. The molecule has 2 unspecified atom stereocenters. The zero-order valence-electron chi connectivity index (χ0n) is 26.7. The van der Waals surface area contributed by atoms with E-state index in [0.29, 0.717) is 12.8 Å². The average molecular weight is 600 g/mol. The normalized spacial score (nSPS) is 13.8. The minimum atomic E-state index is -4.30. The largest absolute Gasteiger partial charge is 0.391 e. The lowest BCUT2D eigenvalue weighted by molar-refractivity contribution is -0.122. The van der Waals surface area contributed by atoms with Crippen molar-refractivity contribution in [3.05, 3.63) is 24.3 Å². The fourth-order valence-electron chi connectivity index (χ4n) is 5.08. The van der Waals surface area contributed by atoms with Crippen molar-refractivity contribution in [2.75, 3.05) is 5.75 Å². The van der Waals surface area contributed by atoms with Gasteiger partial charge in [-0.15, -0.1) is 0 Å². The highest BCUT2D eigenvalue weighted by Gasteiger charge is 2.26. The molecule has 0 aliphatic heterocycles. The van der Waals surface area contributed by atoms with Gasteiger partial charge in [-0.3, -0.25) is 9.35 Å². The number of aliphatic hydroxyl groups excluding tert-OH is 1. The summed E-state index contributed by atoms with van der Waals surface area (Å²) in [7, 11) is -4.30. The predicted molar refractivity (Wildman–Crippen MR) is 175 cm³/mol. The van der Waals surface area contributed by atoms with Crippen LogP contribution in [0.15, 0.2) is 24.3 Å². The fourth-order valence-corrected chi connectivity index (χ4v) is 5.84. The van der Waals surface area contributed by atoms with Crippen LogP contribution in [-0.4, -0.2) is 41.9 Å². The Kier molecular flexibility index (Phi) is 28.1. The van der Waals surface area contributed by atoms with Crippen molar-refractivity contribution >= 4 is 16.0 Å². The first-order chi connectivity index (χ1) is 19.8. The van der Waals surface area contributed by atoms with Gasteiger partial charge in [0.15, 0.2) is 0 Å². The predicted octanol–water partition coefficient (Wildman–Crippen LogP) is 9.23. The summed E-state index contributed by atoms with van der Waals surface area (Å²) >= 11 is 0. The summed E-state index contributed by atoms with van der Waals surface area (Å²) < 4.78 is 32.3. The highest BCUT2D eigenvalue weighted by atomic mass is 32.2. The highest BCUT2D eigenvalue weighted by Crippen LogP contribution is 2.15. The van der Waals surface area contributed by atoms with E-state index in [4.69, 9.17) is 0 Å². The van der Waals surface area contributed by atoms with E-state index in [0.717, 1.165) is 70.6 Å². The van der Waals surface area contributed by atoms with Crippen molar-refractivity contribution in [2.45, 2.75) is 180 Å². The molecule has 7 heteroatoms. The van der Waals surface area contributed by atoms with E-state index in [1.807, 2.05) is 0 Å². The van der Waals surface area contributed by atoms with Crippen molar-refractivity contribution in [1.82, 2.24) is 5.32 Å². The molecule has 0 radical (unpaired) electrons. The monoisotopic (exact) mass is 599 g/mol. The highest BCUT2D eigenvalue weighted by molar-refractivity contribution is 7.85. The first-order valence-corrected chi connectivity index (χ1v) is 18.6. The zero-order valence-corrected chi connectivity index (χ0v) is 27.5. The zero-order chi connectivity index (χ0) is 30.4. The number of rotatable bonds is 30. The third-order valence-corrected chi connectivity index (χ3v) is 8.42. The SMILES string of the molecule is CCC/C=C\C/C=C\CCCCCCCC(=O)NC(CS(=O)(=O)O)C(O)CCCCCCCCCCCCCCC. The summed E-state index contributed by atoms with van der Waals surface area (Å²) in [5, 5.41) is 13.3. The Balaban J connectivity index is 3.99. The smallest absolute Gasteiger partial charge is 0.266 e. The number of amides is 1. The maximum absolute atomic E-state index is 12.4. The van der Waals surface area contributed by atoms with Gasteiger partial charge in [-0.25, -0.2) is 0 Å². The second kappa shape index (κ2) is 28.9. The molecule has 0 heterocycles. The fraction of sp³-hybridized carbons (Fsp3) is 0.853. The van der Waals surface area contributed by atoms with Crippen LogP contribution in [-0.2, 0) is 14.9 Å². The van der Waals surface area contributed by atoms with Crippen LogP contribution in [0, 0.1) is 0 Å². The quantitative estimate of drug-likeness (QED) is 0.0434. The van der Waals surface area contributed by atoms with E-state index < -0.39 is 28.0 Å². The first-order valence-electron chi connectivity index (χ1n) is 17.0. The van der Waals surface area contributed by atoms with Gasteiger partial charge in [-0.2, -0.15) is 8.42 Å². The molecule has 242 valence electrons. The molecule has 0 aliphatic carbocycles. The molecular weight excluding hydrogens is 534 g/mol. The average Bonchev–Trinajstić information content (AvgIpc) is 2.92. The summed E-state index contributed by atoms with van der Waals surface area (Å²) in [6.45, 7) is 4.43. The topological polar surface area (TPSA) is 104 Å². The van der Waals surface area contributed by atoms with Crippen molar-refractivity contribution < 1.29 is 22.9 Å². The van der Waals surface area contributed by atoms with Crippen molar-refractivity contribution in [2.24, 2.45) is 0 Å². The number of carbonyl (C=O) groups excluding carboxylic acids is 1. The second-order valence-electron chi connectivity index (χ2n) is 11.8. The Morgan fingerprint density at radius 2 is 1.15 bits per heavy atom. The summed E-state index contributed by atoms with van der Waals surface area (Å²) in [4.78, 5) is 12.4. The van der Waals surface area contributed by atoms with Crippen molar-refractivity contribution in [3.8, 4) is 0 Å². The van der Waals surface area contributed by atoms with Crippen LogP contribution in [0.2, 0.25) is 0 Å². The molecule has 0 aromatic carbocycles. The van der Waals surface area contributed by atoms with Gasteiger partial charge < -0.3 is 10.4 Å². The van der Waals surface area contributed by atoms with Crippen LogP contribution in [0.3, 0.4) is 0 Å². The first kappa shape index (κ1) is 39.8. The van der Waals surface area contributed by atoms with Gasteiger partial charge in [0.05, 0.1) is 17.9 Å². The van der Waals surface area contributed by atoms with Gasteiger partial charge in [-0.1, -0.05) is 147 Å². The molecular formula is C34H65NO5S. The lowest BCUT2D eigenvalue weighted by Gasteiger charge is -2.23. The Morgan fingerprint density at radius 3 is 1.68 bits per heavy atom. The molecule has 2 atom stereocenters. The number of unbranched alkanes of at least 4 members (excludes halogenated alkanes) is 18. The molecule has 3 N–H and O–H groups in total. The van der Waals surface area contributed by atoms with Gasteiger partial charge >= 0.3 is 0 Å². The van der Waals surface area contributed by atoms with Gasteiger partial charge in [0.1, 0.15) is 0 Å². The minimum Gasteiger partial charge on any atom is -0.391 e. The number of carbonyl (C=O) groups is 1. The lowest BCUT2D eigenvalue weighted by Crippen LogP contribution is -2.47. The van der Waals surface area contributed by atoms with Gasteiger partial charge in [0.2, 0.25) is 5.91 Å². The van der Waals surface area contributed by atoms with Crippen LogP contribution < -0.4 is 5.32 Å². The summed E-state index contributed by atoms with van der Waals surface area (Å²) in [6, 6.07) is -0.974. The van der Waals surface area contributed by atoms with Crippen LogP contribution in [0.5, 0.6) is 0 Å². The molecule has 0 fully saturated rings. The van der Waals surface area contributed by atoms with Crippen molar-refractivity contribution in [1.29, 1.82) is 0 Å². The molecule has 41 heavy (non-hydrogen) atoms. The number of hydrogen-bond acceptors (Lipinski definition) is 4. The molecule has 0 saturated heterocycles. The molecule has 0 saturated carbocycles. The van der Waals surface area contributed by atoms with Gasteiger partial charge in [0, 0.05) is 6.42 Å². The standard InChI is InChI=1S/C34H65NO5S/c1-3-5-7-9-11-13-15-17-19-21-23-25-27-29-33(36)32(31-41(38,39)40)35-34(37)30-28-26-24-22-20-18-16-14-12-10-8-6-4-2/h8,10,14,16,32-33,36H,3-7,9,11-13,15,17-31H2,1-2H3,(H,35,37)(H,38,39,40)/b10-8-,16-14-. The third kappa shape index (κ3) is 30.1. The van der Waals surface area contributed by atoms with E-state index >= 15 is 0 Å². The summed E-state index contributed by atoms with van der Waals surface area (Å²) in [5.74, 6) is -0.914. The van der Waals surface area contributed by atoms with E-state index in [-0.39, 0.29) is 5.91 Å². The number of aliphatic hydroxyl groups is 1. The van der Waals surface area contributed by atoms with Crippen LogP contribution in [0.1, 0.15) is 168 Å². The maximum Gasteiger partial charge on any atom is 0.266 e. The minimum absolute atomic E-state index is 0.262. The summed E-state index contributed by atoms with van der Waals surface area (Å²) in [6.07, 6.45) is 34.0. The van der Waals surface area contributed by atoms with E-state index in [1.54, 1.807) is 0 Å². The number of hydrogen-bond donors (Lipinski definition) is 3. The molecule has 6 nitrogen and oxygen atoms in total. The molecule has 0 bridgehead atoms. The van der Waals surface area contributed by atoms with Gasteiger partial charge in [-0.05, 0) is 38.5 Å². The summed E-state index contributed by atoms with van der Waals surface area (Å²) in [5.41, 5.74) is 0. The third-order valence-electron chi connectivity index (χ3n) is 7.64. The Hall–Kier alpha value is -1.18. The van der Waals surface area contributed by atoms with Crippen LogP contribution >= 0.6 is 0 Å². The van der Waals surface area contributed by atoms with Crippen LogP contribution in [0.25, 0.3) is 0 Å². The van der Waals surface area contributed by atoms with Crippen LogP contribution in [0.4, 0.5) is 0 Å². The Labute approximate surface area is 254 Å². The molecule has 1 amide bonds. The molecule has 0 aromatic rings. The Bertz CT molecular complexity index is 750.